The minimum Gasteiger partial charge on any atom is -0.490 e. The van der Waals surface area contributed by atoms with Crippen LogP contribution in [-0.4, -0.2) is 25.8 Å². The monoisotopic (exact) mass is 263 g/mol. The van der Waals surface area contributed by atoms with Gasteiger partial charge < -0.3 is 14.8 Å². The minimum atomic E-state index is 0.598. The maximum absolute atomic E-state index is 5.71. The third kappa shape index (κ3) is 3.63. The standard InChI is InChI=1S/C16H25NO2/c1-4-18-15-7-6-13(11-16(15)19-5-2)14-8-9-17-12(3)10-14/h6-7,11-12,14,17H,4-5,8-10H2,1-3H3. The van der Waals surface area contributed by atoms with E-state index in [1.807, 2.05) is 13.8 Å². The maximum atomic E-state index is 5.71. The SMILES string of the molecule is CCOc1ccc(C2CCNC(C)C2)cc1OCC. The maximum Gasteiger partial charge on any atom is 0.161 e. The van der Waals surface area contributed by atoms with Crippen LogP contribution in [0.2, 0.25) is 0 Å². The summed E-state index contributed by atoms with van der Waals surface area (Å²) in [4.78, 5) is 0. The Morgan fingerprint density at radius 1 is 1.16 bits per heavy atom. The van der Waals surface area contributed by atoms with Crippen molar-refractivity contribution < 1.29 is 9.47 Å². The van der Waals surface area contributed by atoms with Gasteiger partial charge in [0.1, 0.15) is 0 Å². The van der Waals surface area contributed by atoms with E-state index in [1.165, 1.54) is 18.4 Å². The van der Waals surface area contributed by atoms with E-state index in [0.717, 1.165) is 18.0 Å². The van der Waals surface area contributed by atoms with Crippen molar-refractivity contribution in [1.82, 2.24) is 5.32 Å². The molecule has 2 unspecified atom stereocenters. The number of benzene rings is 1. The van der Waals surface area contributed by atoms with Gasteiger partial charge in [0.2, 0.25) is 0 Å². The Kier molecular flexibility index (Phi) is 5.08. The van der Waals surface area contributed by atoms with Crippen LogP contribution in [0.3, 0.4) is 0 Å². The zero-order chi connectivity index (χ0) is 13.7. The summed E-state index contributed by atoms with van der Waals surface area (Å²) < 4.78 is 11.3. The largest absolute Gasteiger partial charge is 0.490 e. The highest BCUT2D eigenvalue weighted by molar-refractivity contribution is 5.44. The topological polar surface area (TPSA) is 30.5 Å². The molecule has 2 rings (SSSR count). The molecular weight excluding hydrogens is 238 g/mol. The van der Waals surface area contributed by atoms with E-state index < -0.39 is 0 Å². The molecule has 0 spiro atoms. The van der Waals surface area contributed by atoms with Crippen LogP contribution in [0.4, 0.5) is 0 Å². The highest BCUT2D eigenvalue weighted by atomic mass is 16.5. The number of hydrogen-bond donors (Lipinski definition) is 1. The van der Waals surface area contributed by atoms with Crippen molar-refractivity contribution in [3.8, 4) is 11.5 Å². The first-order chi connectivity index (χ1) is 9.24. The van der Waals surface area contributed by atoms with Gasteiger partial charge in [-0.2, -0.15) is 0 Å². The van der Waals surface area contributed by atoms with Crippen molar-refractivity contribution in [2.24, 2.45) is 0 Å². The fourth-order valence-electron chi connectivity index (χ4n) is 2.76. The second-order valence-corrected chi connectivity index (χ2v) is 5.15. The Balaban J connectivity index is 2.18. The number of rotatable bonds is 5. The van der Waals surface area contributed by atoms with Crippen molar-refractivity contribution in [1.29, 1.82) is 0 Å². The summed E-state index contributed by atoms with van der Waals surface area (Å²) in [6.07, 6.45) is 2.39. The molecule has 3 nitrogen and oxygen atoms in total. The summed E-state index contributed by atoms with van der Waals surface area (Å²) in [5.74, 6) is 2.37. The van der Waals surface area contributed by atoms with E-state index in [0.29, 0.717) is 25.2 Å². The highest BCUT2D eigenvalue weighted by Crippen LogP contribution is 2.35. The van der Waals surface area contributed by atoms with Crippen LogP contribution in [0, 0.1) is 0 Å². The second kappa shape index (κ2) is 6.80. The van der Waals surface area contributed by atoms with Crippen molar-refractivity contribution in [2.75, 3.05) is 19.8 Å². The molecule has 0 bridgehead atoms. The van der Waals surface area contributed by atoms with Crippen molar-refractivity contribution in [3.05, 3.63) is 23.8 Å². The summed E-state index contributed by atoms with van der Waals surface area (Å²) in [5.41, 5.74) is 1.38. The molecule has 0 aromatic heterocycles. The molecule has 19 heavy (non-hydrogen) atoms. The van der Waals surface area contributed by atoms with Gasteiger partial charge in [0, 0.05) is 6.04 Å². The lowest BCUT2D eigenvalue weighted by Gasteiger charge is -2.28. The number of ether oxygens (including phenoxy) is 2. The van der Waals surface area contributed by atoms with Gasteiger partial charge in [0.15, 0.2) is 11.5 Å². The van der Waals surface area contributed by atoms with Crippen LogP contribution in [0.25, 0.3) is 0 Å². The summed E-state index contributed by atoms with van der Waals surface area (Å²) >= 11 is 0. The van der Waals surface area contributed by atoms with Gasteiger partial charge in [-0.15, -0.1) is 0 Å². The first-order valence-electron chi connectivity index (χ1n) is 7.37. The molecule has 1 aromatic rings. The Hall–Kier alpha value is -1.22. The third-order valence-electron chi connectivity index (χ3n) is 3.66. The smallest absolute Gasteiger partial charge is 0.161 e. The summed E-state index contributed by atoms with van der Waals surface area (Å²) in [6, 6.07) is 7.00. The molecule has 0 radical (unpaired) electrons. The van der Waals surface area contributed by atoms with Gasteiger partial charge in [-0.1, -0.05) is 6.07 Å². The van der Waals surface area contributed by atoms with E-state index in [4.69, 9.17) is 9.47 Å². The predicted molar refractivity (Wildman–Crippen MR) is 78.2 cm³/mol. The van der Waals surface area contributed by atoms with Crippen LogP contribution in [0.15, 0.2) is 18.2 Å². The van der Waals surface area contributed by atoms with Gasteiger partial charge >= 0.3 is 0 Å². The Morgan fingerprint density at radius 2 is 1.89 bits per heavy atom. The number of hydrogen-bond acceptors (Lipinski definition) is 3. The molecule has 1 aromatic carbocycles. The molecule has 1 N–H and O–H groups in total. The fraction of sp³-hybridized carbons (Fsp3) is 0.625. The fourth-order valence-corrected chi connectivity index (χ4v) is 2.76. The normalized spacial score (nSPS) is 23.1. The molecule has 106 valence electrons. The van der Waals surface area contributed by atoms with Crippen molar-refractivity contribution in [3.63, 3.8) is 0 Å². The van der Waals surface area contributed by atoms with Crippen LogP contribution < -0.4 is 14.8 Å². The van der Waals surface area contributed by atoms with Gasteiger partial charge in [-0.3, -0.25) is 0 Å². The third-order valence-corrected chi connectivity index (χ3v) is 3.66. The number of piperidine rings is 1. The highest BCUT2D eigenvalue weighted by Gasteiger charge is 2.21. The van der Waals surface area contributed by atoms with E-state index in [-0.39, 0.29) is 0 Å². The minimum absolute atomic E-state index is 0.598. The van der Waals surface area contributed by atoms with Gasteiger partial charge in [0.05, 0.1) is 13.2 Å². The van der Waals surface area contributed by atoms with Crippen LogP contribution in [-0.2, 0) is 0 Å². The Labute approximate surface area is 116 Å². The van der Waals surface area contributed by atoms with Gasteiger partial charge in [0.25, 0.3) is 0 Å². The summed E-state index contributed by atoms with van der Waals surface area (Å²) in [5, 5.41) is 3.50. The quantitative estimate of drug-likeness (QED) is 0.884. The van der Waals surface area contributed by atoms with Crippen molar-refractivity contribution in [2.45, 2.75) is 45.6 Å². The molecule has 0 saturated carbocycles. The summed E-state index contributed by atoms with van der Waals surface area (Å²) in [7, 11) is 0. The molecule has 1 aliphatic heterocycles. The zero-order valence-electron chi connectivity index (χ0n) is 12.2. The summed E-state index contributed by atoms with van der Waals surface area (Å²) in [6.45, 7) is 8.70. The average molecular weight is 263 g/mol. The second-order valence-electron chi connectivity index (χ2n) is 5.15. The van der Waals surface area contributed by atoms with Crippen LogP contribution in [0.1, 0.15) is 45.1 Å². The molecule has 1 aliphatic rings. The van der Waals surface area contributed by atoms with Crippen LogP contribution >= 0.6 is 0 Å². The lowest BCUT2D eigenvalue weighted by Crippen LogP contribution is -2.34. The van der Waals surface area contributed by atoms with E-state index in [9.17, 15) is 0 Å². The molecule has 2 atom stereocenters. The Bertz CT molecular complexity index is 406. The zero-order valence-corrected chi connectivity index (χ0v) is 12.2. The van der Waals surface area contributed by atoms with E-state index >= 15 is 0 Å². The van der Waals surface area contributed by atoms with E-state index in [2.05, 4.69) is 30.4 Å². The van der Waals surface area contributed by atoms with Crippen molar-refractivity contribution >= 4 is 0 Å². The van der Waals surface area contributed by atoms with E-state index in [1.54, 1.807) is 0 Å². The lowest BCUT2D eigenvalue weighted by molar-refractivity contribution is 0.286. The number of nitrogens with one attached hydrogen (secondary N) is 1. The molecule has 1 fully saturated rings. The molecule has 3 heteroatoms. The Morgan fingerprint density at radius 3 is 2.58 bits per heavy atom. The molecule has 1 heterocycles. The van der Waals surface area contributed by atoms with Crippen LogP contribution in [0.5, 0.6) is 11.5 Å². The van der Waals surface area contributed by atoms with Gasteiger partial charge in [-0.25, -0.2) is 0 Å². The molecule has 1 saturated heterocycles. The molecular formula is C16H25NO2. The molecule has 0 amide bonds. The first-order valence-corrected chi connectivity index (χ1v) is 7.37. The van der Waals surface area contributed by atoms with Gasteiger partial charge in [-0.05, 0) is 63.8 Å². The lowest BCUT2D eigenvalue weighted by atomic mass is 9.87. The average Bonchev–Trinajstić information content (AvgIpc) is 2.41. The first kappa shape index (κ1) is 14.2. The predicted octanol–water partition coefficient (Wildman–Crippen LogP) is 3.34. The molecule has 0 aliphatic carbocycles.